The standard InChI is InChI=1S/C18H19N3OS2/c22-16-5-2-1-4-15(16)21-9-7-20(8-10-21)12-14-13-24-18(19-14)17-6-3-11-23-17/h1-6,11,13,22H,7-10,12H2. The molecule has 3 heterocycles. The lowest BCUT2D eigenvalue weighted by atomic mass is 10.2. The van der Waals surface area contributed by atoms with Gasteiger partial charge < -0.3 is 10.0 Å². The lowest BCUT2D eigenvalue weighted by Crippen LogP contribution is -2.46. The number of aromatic nitrogens is 1. The molecule has 0 radical (unpaired) electrons. The van der Waals surface area contributed by atoms with Crippen LogP contribution in [0.25, 0.3) is 9.88 Å². The second-order valence-corrected chi connectivity index (χ2v) is 7.68. The molecule has 0 amide bonds. The van der Waals surface area contributed by atoms with E-state index in [0.29, 0.717) is 5.75 Å². The summed E-state index contributed by atoms with van der Waals surface area (Å²) in [6.45, 7) is 4.73. The monoisotopic (exact) mass is 357 g/mol. The quantitative estimate of drug-likeness (QED) is 0.769. The average molecular weight is 358 g/mol. The third-order valence-corrected chi connectivity index (χ3v) is 6.19. The molecule has 124 valence electrons. The summed E-state index contributed by atoms with van der Waals surface area (Å²) in [6.07, 6.45) is 0. The van der Waals surface area contributed by atoms with Gasteiger partial charge in [-0.15, -0.1) is 22.7 Å². The highest BCUT2D eigenvalue weighted by atomic mass is 32.1. The molecule has 1 aliphatic heterocycles. The Labute approximate surface area is 149 Å². The SMILES string of the molecule is Oc1ccccc1N1CCN(Cc2csc(-c3cccs3)n2)CC1. The number of benzene rings is 1. The van der Waals surface area contributed by atoms with Gasteiger partial charge in [0, 0.05) is 38.1 Å². The van der Waals surface area contributed by atoms with Gasteiger partial charge in [-0.3, -0.25) is 4.90 Å². The first-order valence-corrected chi connectivity index (χ1v) is 9.79. The molecule has 24 heavy (non-hydrogen) atoms. The molecular formula is C18H19N3OS2. The molecule has 3 aromatic rings. The zero-order valence-corrected chi connectivity index (χ0v) is 14.9. The molecule has 0 unspecified atom stereocenters. The van der Waals surface area contributed by atoms with E-state index in [-0.39, 0.29) is 0 Å². The van der Waals surface area contributed by atoms with E-state index in [4.69, 9.17) is 4.98 Å². The van der Waals surface area contributed by atoms with Crippen LogP contribution in [-0.2, 0) is 6.54 Å². The van der Waals surface area contributed by atoms with Gasteiger partial charge in [-0.25, -0.2) is 4.98 Å². The molecular weight excluding hydrogens is 338 g/mol. The minimum Gasteiger partial charge on any atom is -0.506 e. The Kier molecular flexibility index (Phi) is 4.51. The summed E-state index contributed by atoms with van der Waals surface area (Å²) < 4.78 is 0. The Morgan fingerprint density at radius 2 is 1.83 bits per heavy atom. The number of anilines is 1. The Hall–Kier alpha value is -1.89. The van der Waals surface area contributed by atoms with Crippen molar-refractivity contribution in [1.82, 2.24) is 9.88 Å². The maximum atomic E-state index is 9.99. The van der Waals surface area contributed by atoms with Crippen LogP contribution >= 0.6 is 22.7 Å². The molecule has 1 aliphatic rings. The Balaban J connectivity index is 1.36. The van der Waals surface area contributed by atoms with Gasteiger partial charge >= 0.3 is 0 Å². The van der Waals surface area contributed by atoms with Crippen LogP contribution in [0.3, 0.4) is 0 Å². The summed E-state index contributed by atoms with van der Waals surface area (Å²) >= 11 is 3.46. The summed E-state index contributed by atoms with van der Waals surface area (Å²) in [5.74, 6) is 0.367. The van der Waals surface area contributed by atoms with E-state index < -0.39 is 0 Å². The predicted molar refractivity (Wildman–Crippen MR) is 101 cm³/mol. The van der Waals surface area contributed by atoms with Gasteiger partial charge in [-0.1, -0.05) is 18.2 Å². The van der Waals surface area contributed by atoms with Crippen molar-refractivity contribution in [3.63, 3.8) is 0 Å². The molecule has 0 spiro atoms. The molecule has 1 N–H and O–H groups in total. The summed E-state index contributed by atoms with van der Waals surface area (Å²) in [7, 11) is 0. The lowest BCUT2D eigenvalue weighted by Gasteiger charge is -2.36. The second-order valence-electron chi connectivity index (χ2n) is 5.87. The molecule has 1 aromatic carbocycles. The molecule has 0 bridgehead atoms. The van der Waals surface area contributed by atoms with E-state index in [1.807, 2.05) is 18.2 Å². The van der Waals surface area contributed by atoms with Crippen molar-refractivity contribution in [3.8, 4) is 15.6 Å². The van der Waals surface area contributed by atoms with E-state index >= 15 is 0 Å². The number of phenolic OH excluding ortho intramolecular Hbond substituents is 1. The number of phenols is 1. The highest BCUT2D eigenvalue weighted by Crippen LogP contribution is 2.29. The van der Waals surface area contributed by atoms with Crippen LogP contribution in [-0.4, -0.2) is 41.2 Å². The molecule has 2 aromatic heterocycles. The number of nitrogens with zero attached hydrogens (tertiary/aromatic N) is 3. The number of para-hydroxylation sites is 2. The molecule has 0 aliphatic carbocycles. The number of thiophene rings is 1. The van der Waals surface area contributed by atoms with Gasteiger partial charge in [0.25, 0.3) is 0 Å². The summed E-state index contributed by atoms with van der Waals surface area (Å²) in [4.78, 5) is 10.7. The smallest absolute Gasteiger partial charge is 0.138 e. The van der Waals surface area contributed by atoms with Crippen LogP contribution in [0.1, 0.15) is 5.69 Å². The normalized spacial score (nSPS) is 15.8. The van der Waals surface area contributed by atoms with Crippen LogP contribution in [0.2, 0.25) is 0 Å². The summed E-state index contributed by atoms with van der Waals surface area (Å²) in [6, 6.07) is 11.8. The van der Waals surface area contributed by atoms with Gasteiger partial charge in [0.15, 0.2) is 0 Å². The van der Waals surface area contributed by atoms with Crippen molar-refractivity contribution in [2.45, 2.75) is 6.54 Å². The number of aromatic hydroxyl groups is 1. The highest BCUT2D eigenvalue weighted by molar-refractivity contribution is 7.20. The molecule has 4 rings (SSSR count). The average Bonchev–Trinajstić information content (AvgIpc) is 3.27. The molecule has 4 nitrogen and oxygen atoms in total. The molecule has 1 saturated heterocycles. The minimum absolute atomic E-state index is 0.367. The van der Waals surface area contributed by atoms with Crippen molar-refractivity contribution in [3.05, 3.63) is 52.9 Å². The molecule has 1 fully saturated rings. The zero-order chi connectivity index (χ0) is 16.4. The van der Waals surface area contributed by atoms with E-state index in [1.165, 1.54) is 4.88 Å². The summed E-state index contributed by atoms with van der Waals surface area (Å²) in [5, 5.41) is 15.4. The van der Waals surface area contributed by atoms with E-state index in [2.05, 4.69) is 32.7 Å². The fourth-order valence-electron chi connectivity index (χ4n) is 3.00. The van der Waals surface area contributed by atoms with Gasteiger partial charge in [0.2, 0.25) is 0 Å². The van der Waals surface area contributed by atoms with Gasteiger partial charge in [0.1, 0.15) is 10.8 Å². The highest BCUT2D eigenvalue weighted by Gasteiger charge is 2.20. The van der Waals surface area contributed by atoms with Crippen LogP contribution in [0.4, 0.5) is 5.69 Å². The Morgan fingerprint density at radius 1 is 1.00 bits per heavy atom. The zero-order valence-electron chi connectivity index (χ0n) is 13.3. The van der Waals surface area contributed by atoms with E-state index in [1.54, 1.807) is 28.7 Å². The van der Waals surface area contributed by atoms with Crippen LogP contribution < -0.4 is 4.90 Å². The number of piperazine rings is 1. The number of hydrogen-bond donors (Lipinski definition) is 1. The van der Waals surface area contributed by atoms with E-state index in [9.17, 15) is 5.11 Å². The predicted octanol–water partition coefficient (Wildman–Crippen LogP) is 3.90. The Morgan fingerprint density at radius 3 is 2.58 bits per heavy atom. The first-order valence-electron chi connectivity index (χ1n) is 8.03. The van der Waals surface area contributed by atoms with Crippen LogP contribution in [0, 0.1) is 0 Å². The number of rotatable bonds is 4. The lowest BCUT2D eigenvalue weighted by molar-refractivity contribution is 0.247. The number of thiazole rings is 1. The topological polar surface area (TPSA) is 39.6 Å². The first kappa shape index (κ1) is 15.6. The Bertz CT molecular complexity index is 792. The summed E-state index contributed by atoms with van der Waals surface area (Å²) in [5.41, 5.74) is 2.09. The third-order valence-electron chi connectivity index (χ3n) is 4.26. The van der Waals surface area contributed by atoms with Gasteiger partial charge in [-0.2, -0.15) is 0 Å². The van der Waals surface area contributed by atoms with Crippen molar-refractivity contribution in [2.75, 3.05) is 31.1 Å². The number of hydrogen-bond acceptors (Lipinski definition) is 6. The van der Waals surface area contributed by atoms with Gasteiger partial charge in [0.05, 0.1) is 16.3 Å². The first-order chi connectivity index (χ1) is 11.8. The molecule has 6 heteroatoms. The van der Waals surface area contributed by atoms with Crippen molar-refractivity contribution in [2.24, 2.45) is 0 Å². The van der Waals surface area contributed by atoms with Crippen molar-refractivity contribution >= 4 is 28.4 Å². The maximum Gasteiger partial charge on any atom is 0.138 e. The third kappa shape index (κ3) is 3.31. The van der Waals surface area contributed by atoms with Crippen molar-refractivity contribution < 1.29 is 5.11 Å². The molecule has 0 saturated carbocycles. The van der Waals surface area contributed by atoms with Crippen LogP contribution in [0.15, 0.2) is 47.2 Å². The fourth-order valence-corrected chi connectivity index (χ4v) is 4.63. The maximum absolute atomic E-state index is 9.99. The largest absolute Gasteiger partial charge is 0.506 e. The molecule has 0 atom stereocenters. The van der Waals surface area contributed by atoms with E-state index in [0.717, 1.165) is 49.1 Å². The van der Waals surface area contributed by atoms with Crippen molar-refractivity contribution in [1.29, 1.82) is 0 Å². The minimum atomic E-state index is 0.367. The fraction of sp³-hybridized carbons (Fsp3) is 0.278. The second kappa shape index (κ2) is 6.93. The van der Waals surface area contributed by atoms with Gasteiger partial charge in [-0.05, 0) is 23.6 Å². The van der Waals surface area contributed by atoms with Crippen LogP contribution in [0.5, 0.6) is 5.75 Å².